The van der Waals surface area contributed by atoms with Gasteiger partial charge in [-0.25, -0.2) is 9.31 Å². The van der Waals surface area contributed by atoms with Gasteiger partial charge in [-0.2, -0.15) is 5.10 Å². The molecule has 1 saturated heterocycles. The highest BCUT2D eigenvalue weighted by molar-refractivity contribution is 5.56. The third-order valence-electron chi connectivity index (χ3n) is 4.82. The van der Waals surface area contributed by atoms with Gasteiger partial charge in [0, 0.05) is 36.6 Å². The van der Waals surface area contributed by atoms with Crippen LogP contribution in [0.1, 0.15) is 24.2 Å². The van der Waals surface area contributed by atoms with Gasteiger partial charge in [-0.15, -0.1) is 0 Å². The average Bonchev–Trinajstić information content (AvgIpc) is 3.27. The average molecular weight is 352 g/mol. The molecule has 0 spiro atoms. The zero-order chi connectivity index (χ0) is 17.9. The highest BCUT2D eigenvalue weighted by Gasteiger charge is 2.27. The minimum Gasteiger partial charge on any atom is -0.293 e. The van der Waals surface area contributed by atoms with Crippen LogP contribution in [0, 0.1) is 6.92 Å². The Labute approximate surface area is 150 Å². The maximum atomic E-state index is 12.3. The maximum Gasteiger partial charge on any atom is 0.266 e. The molecule has 134 valence electrons. The van der Waals surface area contributed by atoms with Crippen LogP contribution in [-0.4, -0.2) is 42.6 Å². The van der Waals surface area contributed by atoms with Gasteiger partial charge in [-0.05, 0) is 44.5 Å². The van der Waals surface area contributed by atoms with E-state index in [0.29, 0.717) is 13.1 Å². The van der Waals surface area contributed by atoms with Crippen LogP contribution in [0.3, 0.4) is 0 Å². The molecule has 8 nitrogen and oxygen atoms in total. The SMILES string of the molecule is Cc1nonc1CN1CCCC1Cn1nc(-c2ccncc2)ccc1=O. The van der Waals surface area contributed by atoms with Crippen molar-refractivity contribution < 1.29 is 4.63 Å². The van der Waals surface area contributed by atoms with Crippen molar-refractivity contribution in [2.75, 3.05) is 6.54 Å². The molecule has 0 aromatic carbocycles. The summed E-state index contributed by atoms with van der Waals surface area (Å²) < 4.78 is 6.36. The molecule has 3 aromatic heterocycles. The van der Waals surface area contributed by atoms with Crippen molar-refractivity contribution in [2.24, 2.45) is 0 Å². The number of rotatable bonds is 5. The van der Waals surface area contributed by atoms with Crippen LogP contribution in [-0.2, 0) is 13.1 Å². The Hall–Kier alpha value is -2.87. The van der Waals surface area contributed by atoms with Gasteiger partial charge in [-0.3, -0.25) is 14.7 Å². The molecule has 26 heavy (non-hydrogen) atoms. The molecular weight excluding hydrogens is 332 g/mol. The summed E-state index contributed by atoms with van der Waals surface area (Å²) in [5.74, 6) is 0. The van der Waals surface area contributed by atoms with Crippen LogP contribution in [0.4, 0.5) is 0 Å². The lowest BCUT2D eigenvalue weighted by atomic mass is 10.2. The van der Waals surface area contributed by atoms with E-state index >= 15 is 0 Å². The van der Waals surface area contributed by atoms with Crippen molar-refractivity contribution in [2.45, 2.75) is 38.9 Å². The highest BCUT2D eigenvalue weighted by atomic mass is 16.6. The Morgan fingerprint density at radius 2 is 2.04 bits per heavy atom. The number of pyridine rings is 1. The van der Waals surface area contributed by atoms with Gasteiger partial charge in [0.25, 0.3) is 5.56 Å². The van der Waals surface area contributed by atoms with Gasteiger partial charge in [-0.1, -0.05) is 10.3 Å². The van der Waals surface area contributed by atoms with Gasteiger partial charge < -0.3 is 0 Å². The Kier molecular flexibility index (Phi) is 4.57. The molecular formula is C18H20N6O2. The predicted octanol–water partition coefficient (Wildman–Crippen LogP) is 1.66. The number of aromatic nitrogens is 5. The summed E-state index contributed by atoms with van der Waals surface area (Å²) in [6, 6.07) is 7.35. The first-order valence-corrected chi connectivity index (χ1v) is 8.71. The van der Waals surface area contributed by atoms with E-state index in [1.165, 1.54) is 0 Å². The maximum absolute atomic E-state index is 12.3. The second kappa shape index (κ2) is 7.17. The molecule has 0 radical (unpaired) electrons. The zero-order valence-corrected chi connectivity index (χ0v) is 14.6. The molecule has 0 N–H and O–H groups in total. The minimum atomic E-state index is -0.0889. The fourth-order valence-corrected chi connectivity index (χ4v) is 3.35. The van der Waals surface area contributed by atoms with Crippen LogP contribution in [0.5, 0.6) is 0 Å². The summed E-state index contributed by atoms with van der Waals surface area (Å²) in [4.78, 5) is 18.6. The highest BCUT2D eigenvalue weighted by Crippen LogP contribution is 2.21. The molecule has 4 rings (SSSR count). The fourth-order valence-electron chi connectivity index (χ4n) is 3.35. The molecule has 0 amide bonds. The first-order chi connectivity index (χ1) is 12.7. The van der Waals surface area contributed by atoms with E-state index in [9.17, 15) is 4.79 Å². The molecule has 0 saturated carbocycles. The molecule has 1 aliphatic heterocycles. The van der Waals surface area contributed by atoms with Gasteiger partial charge in [0.2, 0.25) is 0 Å². The van der Waals surface area contributed by atoms with Crippen molar-refractivity contribution in [3.05, 3.63) is 58.4 Å². The lowest BCUT2D eigenvalue weighted by molar-refractivity contribution is 0.209. The topological polar surface area (TPSA) is 89.9 Å². The fraction of sp³-hybridized carbons (Fsp3) is 0.389. The quantitative estimate of drug-likeness (QED) is 0.690. The number of likely N-dealkylation sites (tertiary alicyclic amines) is 1. The van der Waals surface area contributed by atoms with E-state index in [-0.39, 0.29) is 11.6 Å². The zero-order valence-electron chi connectivity index (χ0n) is 14.6. The van der Waals surface area contributed by atoms with Crippen LogP contribution < -0.4 is 5.56 Å². The molecule has 1 aliphatic rings. The lowest BCUT2D eigenvalue weighted by Crippen LogP contribution is -2.36. The molecule has 3 aromatic rings. The van der Waals surface area contributed by atoms with Gasteiger partial charge in [0.15, 0.2) is 0 Å². The van der Waals surface area contributed by atoms with Crippen LogP contribution in [0.2, 0.25) is 0 Å². The minimum absolute atomic E-state index is 0.0889. The summed E-state index contributed by atoms with van der Waals surface area (Å²) in [5.41, 5.74) is 3.29. The van der Waals surface area contributed by atoms with Gasteiger partial charge in [0.05, 0.1) is 12.2 Å². The summed E-state index contributed by atoms with van der Waals surface area (Å²) in [6.07, 6.45) is 5.56. The lowest BCUT2D eigenvalue weighted by Gasteiger charge is -2.23. The third kappa shape index (κ3) is 3.41. The van der Waals surface area contributed by atoms with E-state index in [0.717, 1.165) is 42.0 Å². The van der Waals surface area contributed by atoms with Crippen molar-refractivity contribution in [1.82, 2.24) is 30.0 Å². The molecule has 1 fully saturated rings. The van der Waals surface area contributed by atoms with Crippen LogP contribution >= 0.6 is 0 Å². The van der Waals surface area contributed by atoms with E-state index in [4.69, 9.17) is 4.63 Å². The Morgan fingerprint density at radius 1 is 1.19 bits per heavy atom. The third-order valence-corrected chi connectivity index (χ3v) is 4.82. The Morgan fingerprint density at radius 3 is 2.81 bits per heavy atom. The van der Waals surface area contributed by atoms with Gasteiger partial charge in [0.1, 0.15) is 11.4 Å². The molecule has 0 aliphatic carbocycles. The standard InChI is InChI=1S/C18H20N6O2/c1-13-17(22-26-21-13)12-23-10-2-3-15(23)11-24-18(25)5-4-16(20-24)14-6-8-19-9-7-14/h4-9,15H,2-3,10-12H2,1H3. The molecule has 8 heteroatoms. The predicted molar refractivity (Wildman–Crippen MR) is 94.2 cm³/mol. The van der Waals surface area contributed by atoms with Crippen molar-refractivity contribution in [3.63, 3.8) is 0 Å². The van der Waals surface area contributed by atoms with Crippen LogP contribution in [0.15, 0.2) is 46.1 Å². The number of aryl methyl sites for hydroxylation is 1. The Balaban J connectivity index is 1.54. The molecule has 4 heterocycles. The number of hydrogen-bond acceptors (Lipinski definition) is 7. The molecule has 0 bridgehead atoms. The van der Waals surface area contributed by atoms with Crippen LogP contribution in [0.25, 0.3) is 11.3 Å². The van der Waals surface area contributed by atoms with Crippen molar-refractivity contribution >= 4 is 0 Å². The molecule has 1 unspecified atom stereocenters. The monoisotopic (exact) mass is 352 g/mol. The van der Waals surface area contributed by atoms with E-state index in [2.05, 4.69) is 25.3 Å². The summed E-state index contributed by atoms with van der Waals surface area (Å²) in [5, 5.41) is 12.4. The summed E-state index contributed by atoms with van der Waals surface area (Å²) in [7, 11) is 0. The Bertz CT molecular complexity index is 936. The number of hydrogen-bond donors (Lipinski definition) is 0. The smallest absolute Gasteiger partial charge is 0.266 e. The number of nitrogens with zero attached hydrogens (tertiary/aromatic N) is 6. The van der Waals surface area contributed by atoms with Crippen molar-refractivity contribution in [3.8, 4) is 11.3 Å². The second-order valence-corrected chi connectivity index (χ2v) is 6.54. The molecule has 1 atom stereocenters. The van der Waals surface area contributed by atoms with Crippen molar-refractivity contribution in [1.29, 1.82) is 0 Å². The van der Waals surface area contributed by atoms with E-state index in [1.54, 1.807) is 29.2 Å². The summed E-state index contributed by atoms with van der Waals surface area (Å²) >= 11 is 0. The second-order valence-electron chi connectivity index (χ2n) is 6.54. The first kappa shape index (κ1) is 16.6. The van der Waals surface area contributed by atoms with Gasteiger partial charge >= 0.3 is 0 Å². The van der Waals surface area contributed by atoms with E-state index < -0.39 is 0 Å². The normalized spacial score (nSPS) is 17.7. The summed E-state index contributed by atoms with van der Waals surface area (Å²) in [6.45, 7) is 4.10. The first-order valence-electron chi connectivity index (χ1n) is 8.71. The largest absolute Gasteiger partial charge is 0.293 e. The van der Waals surface area contributed by atoms with E-state index in [1.807, 2.05) is 19.1 Å².